The Labute approximate surface area is 181 Å². The number of nitrogens with zero attached hydrogens (tertiary/aromatic N) is 2. The van der Waals surface area contributed by atoms with Gasteiger partial charge in [-0.15, -0.1) is 0 Å². The van der Waals surface area contributed by atoms with Gasteiger partial charge in [0.2, 0.25) is 0 Å². The van der Waals surface area contributed by atoms with E-state index < -0.39 is 0 Å². The summed E-state index contributed by atoms with van der Waals surface area (Å²) in [4.78, 5) is 17.0. The lowest BCUT2D eigenvalue weighted by Gasteiger charge is -2.36. The van der Waals surface area contributed by atoms with Crippen molar-refractivity contribution in [3.63, 3.8) is 0 Å². The minimum absolute atomic E-state index is 0.290. The average Bonchev–Trinajstić information content (AvgIpc) is 2.80. The first-order valence-electron chi connectivity index (χ1n) is 10.9. The van der Waals surface area contributed by atoms with Crippen molar-refractivity contribution in [2.24, 2.45) is 0 Å². The maximum Gasteiger partial charge on any atom is 0.336 e. The molecule has 5 nitrogen and oxygen atoms in total. The molecule has 5 rings (SSSR count). The van der Waals surface area contributed by atoms with Gasteiger partial charge in [-0.2, -0.15) is 0 Å². The number of hydrogen-bond donors (Lipinski definition) is 0. The third-order valence-electron chi connectivity index (χ3n) is 5.99. The van der Waals surface area contributed by atoms with E-state index in [0.717, 1.165) is 65.9 Å². The molecule has 1 saturated heterocycles. The van der Waals surface area contributed by atoms with Crippen LogP contribution in [-0.4, -0.2) is 37.7 Å². The number of para-hydroxylation sites is 2. The first-order valence-corrected chi connectivity index (χ1v) is 10.9. The number of hydrogen-bond acceptors (Lipinski definition) is 5. The number of benzene rings is 3. The highest BCUT2D eigenvalue weighted by atomic mass is 16.5. The second-order valence-corrected chi connectivity index (χ2v) is 7.91. The Hall–Kier alpha value is -3.31. The molecule has 1 fully saturated rings. The molecular formula is C26H26N2O3. The molecule has 0 amide bonds. The lowest BCUT2D eigenvalue weighted by atomic mass is 10.0. The Balaban J connectivity index is 1.40. The smallest absolute Gasteiger partial charge is 0.336 e. The predicted octanol–water partition coefficient (Wildman–Crippen LogP) is 4.67. The highest BCUT2D eigenvalue weighted by Gasteiger charge is 2.21. The Morgan fingerprint density at radius 2 is 1.71 bits per heavy atom. The first kappa shape index (κ1) is 19.6. The summed E-state index contributed by atoms with van der Waals surface area (Å²) in [6, 6.07) is 22.1. The van der Waals surface area contributed by atoms with Crippen molar-refractivity contribution < 1.29 is 9.15 Å². The molecule has 0 atom stereocenters. The predicted molar refractivity (Wildman–Crippen MR) is 125 cm³/mol. The first-order chi connectivity index (χ1) is 15.2. The molecule has 0 saturated carbocycles. The lowest BCUT2D eigenvalue weighted by molar-refractivity contribution is 0.249. The van der Waals surface area contributed by atoms with Crippen LogP contribution in [0.15, 0.2) is 75.9 Å². The summed E-state index contributed by atoms with van der Waals surface area (Å²) in [7, 11) is 0. The highest BCUT2D eigenvalue weighted by molar-refractivity contribution is 6.07. The molecule has 0 bridgehead atoms. The van der Waals surface area contributed by atoms with Crippen molar-refractivity contribution in [2.75, 3.05) is 37.7 Å². The number of ether oxygens (including phenoxy) is 1. The van der Waals surface area contributed by atoms with E-state index in [0.29, 0.717) is 12.2 Å². The van der Waals surface area contributed by atoms with Crippen LogP contribution < -0.4 is 15.3 Å². The topological polar surface area (TPSA) is 45.9 Å². The van der Waals surface area contributed by atoms with Gasteiger partial charge in [0.05, 0.1) is 12.3 Å². The van der Waals surface area contributed by atoms with E-state index in [1.807, 2.05) is 43.3 Å². The van der Waals surface area contributed by atoms with Crippen LogP contribution in [-0.2, 0) is 6.54 Å². The van der Waals surface area contributed by atoms with Gasteiger partial charge in [-0.3, -0.25) is 4.90 Å². The van der Waals surface area contributed by atoms with E-state index in [-0.39, 0.29) is 5.63 Å². The van der Waals surface area contributed by atoms with E-state index in [1.54, 1.807) is 6.07 Å². The second-order valence-electron chi connectivity index (χ2n) is 7.91. The maximum absolute atomic E-state index is 12.2. The van der Waals surface area contributed by atoms with E-state index in [2.05, 4.69) is 34.1 Å². The van der Waals surface area contributed by atoms with Crippen molar-refractivity contribution in [3.8, 4) is 5.75 Å². The van der Waals surface area contributed by atoms with E-state index in [4.69, 9.17) is 9.15 Å². The van der Waals surface area contributed by atoms with Gasteiger partial charge in [0.1, 0.15) is 11.3 Å². The van der Waals surface area contributed by atoms with Crippen LogP contribution in [0.2, 0.25) is 0 Å². The molecular weight excluding hydrogens is 388 g/mol. The summed E-state index contributed by atoms with van der Waals surface area (Å²) in [5.41, 5.74) is 2.56. The average molecular weight is 415 g/mol. The van der Waals surface area contributed by atoms with Crippen LogP contribution >= 0.6 is 0 Å². The van der Waals surface area contributed by atoms with Crippen molar-refractivity contribution in [3.05, 3.63) is 82.7 Å². The van der Waals surface area contributed by atoms with Gasteiger partial charge in [-0.05, 0) is 41.5 Å². The van der Waals surface area contributed by atoms with Crippen molar-refractivity contribution in [1.82, 2.24) is 4.90 Å². The number of fused-ring (bicyclic) bond motifs is 3. The zero-order valence-corrected chi connectivity index (χ0v) is 17.7. The molecule has 158 valence electrons. The maximum atomic E-state index is 12.2. The molecule has 1 aliphatic rings. The van der Waals surface area contributed by atoms with Crippen LogP contribution in [0.1, 0.15) is 12.5 Å². The Morgan fingerprint density at radius 1 is 0.935 bits per heavy atom. The fourth-order valence-electron chi connectivity index (χ4n) is 4.53. The van der Waals surface area contributed by atoms with Crippen LogP contribution in [0, 0.1) is 0 Å². The monoisotopic (exact) mass is 414 g/mol. The second kappa shape index (κ2) is 8.44. The molecule has 0 aliphatic carbocycles. The molecule has 1 aromatic heterocycles. The molecule has 1 aliphatic heterocycles. The van der Waals surface area contributed by atoms with Gasteiger partial charge >= 0.3 is 5.63 Å². The van der Waals surface area contributed by atoms with Gasteiger partial charge in [-0.1, -0.05) is 42.5 Å². The molecule has 0 N–H and O–H groups in total. The molecule has 0 radical (unpaired) electrons. The van der Waals surface area contributed by atoms with Crippen molar-refractivity contribution in [2.45, 2.75) is 13.5 Å². The van der Waals surface area contributed by atoms with Crippen molar-refractivity contribution >= 4 is 27.4 Å². The van der Waals surface area contributed by atoms with E-state index >= 15 is 0 Å². The molecule has 2 heterocycles. The summed E-state index contributed by atoms with van der Waals surface area (Å²) >= 11 is 0. The third-order valence-corrected chi connectivity index (χ3v) is 5.99. The molecule has 3 aromatic carbocycles. The van der Waals surface area contributed by atoms with Crippen LogP contribution in [0.3, 0.4) is 0 Å². The summed E-state index contributed by atoms with van der Waals surface area (Å²) < 4.78 is 11.3. The lowest BCUT2D eigenvalue weighted by Crippen LogP contribution is -2.46. The largest absolute Gasteiger partial charge is 0.492 e. The van der Waals surface area contributed by atoms with Gasteiger partial charge in [-0.25, -0.2) is 4.79 Å². The van der Waals surface area contributed by atoms with E-state index in [1.165, 1.54) is 0 Å². The van der Waals surface area contributed by atoms with Crippen LogP contribution in [0.5, 0.6) is 5.75 Å². The molecule has 0 unspecified atom stereocenters. The Bertz CT molecular complexity index is 1270. The SMILES string of the molecule is CCOc1ccccc1N1CCN(Cc2cc(=O)oc3ccc4ccccc4c23)CC1. The van der Waals surface area contributed by atoms with Crippen LogP contribution in [0.4, 0.5) is 5.69 Å². The Kier molecular flexibility index (Phi) is 5.35. The summed E-state index contributed by atoms with van der Waals surface area (Å²) in [6.45, 7) is 7.10. The zero-order valence-electron chi connectivity index (χ0n) is 17.7. The molecule has 31 heavy (non-hydrogen) atoms. The van der Waals surface area contributed by atoms with Gasteiger partial charge in [0.25, 0.3) is 0 Å². The molecule has 0 spiro atoms. The Morgan fingerprint density at radius 3 is 2.55 bits per heavy atom. The third kappa shape index (κ3) is 3.89. The van der Waals surface area contributed by atoms with E-state index in [9.17, 15) is 4.79 Å². The van der Waals surface area contributed by atoms with Gasteiger partial charge in [0, 0.05) is 44.2 Å². The summed E-state index contributed by atoms with van der Waals surface area (Å²) in [5.74, 6) is 0.941. The van der Waals surface area contributed by atoms with Gasteiger partial charge in [0.15, 0.2) is 0 Å². The fraction of sp³-hybridized carbons (Fsp3) is 0.269. The number of rotatable bonds is 5. The number of anilines is 1. The van der Waals surface area contributed by atoms with Gasteiger partial charge < -0.3 is 14.1 Å². The summed E-state index contributed by atoms with van der Waals surface area (Å²) in [5, 5.41) is 3.33. The normalized spacial score (nSPS) is 14.9. The highest BCUT2D eigenvalue weighted by Crippen LogP contribution is 2.30. The van der Waals surface area contributed by atoms with Crippen LogP contribution in [0.25, 0.3) is 21.7 Å². The number of piperazine rings is 1. The minimum atomic E-state index is -0.290. The standard InChI is InChI=1S/C26H26N2O3/c1-2-30-23-10-6-5-9-22(23)28-15-13-27(14-16-28)18-20-17-25(29)31-24-12-11-19-7-3-4-8-21(19)26(20)24/h3-12,17H,2,13-16,18H2,1H3. The fourth-order valence-corrected chi connectivity index (χ4v) is 4.53. The molecule has 4 aromatic rings. The zero-order chi connectivity index (χ0) is 21.2. The minimum Gasteiger partial charge on any atom is -0.492 e. The summed E-state index contributed by atoms with van der Waals surface area (Å²) in [6.07, 6.45) is 0. The van der Waals surface area contributed by atoms with Crippen molar-refractivity contribution in [1.29, 1.82) is 0 Å². The quantitative estimate of drug-likeness (QED) is 0.351. The molecule has 5 heteroatoms.